The molecule has 120 valence electrons. The summed E-state index contributed by atoms with van der Waals surface area (Å²) in [5.41, 5.74) is 1.68. The topological polar surface area (TPSA) is 43.0 Å². The Bertz CT molecular complexity index is 555. The van der Waals surface area contributed by atoms with Crippen molar-refractivity contribution in [1.82, 2.24) is 10.2 Å². The number of rotatable bonds is 3. The van der Waals surface area contributed by atoms with Gasteiger partial charge in [-0.3, -0.25) is 4.90 Å². The van der Waals surface area contributed by atoms with E-state index in [9.17, 15) is 0 Å². The summed E-state index contributed by atoms with van der Waals surface area (Å²) in [6, 6.07) is 4.03. The number of ether oxygens (including phenoxy) is 3. The SMILES string of the molecule is COc1cc2c(cc1CN1CCCC3(CCNC3)C1)OCO2. The molecule has 0 saturated carbocycles. The summed E-state index contributed by atoms with van der Waals surface area (Å²) in [4.78, 5) is 2.57. The van der Waals surface area contributed by atoms with Crippen LogP contribution < -0.4 is 19.5 Å². The van der Waals surface area contributed by atoms with Crippen molar-refractivity contribution >= 4 is 0 Å². The lowest BCUT2D eigenvalue weighted by molar-refractivity contribution is 0.0970. The molecule has 3 aliphatic heterocycles. The smallest absolute Gasteiger partial charge is 0.231 e. The second-order valence-electron chi connectivity index (χ2n) is 6.76. The normalized spacial score (nSPS) is 27.5. The van der Waals surface area contributed by atoms with E-state index >= 15 is 0 Å². The fraction of sp³-hybridized carbons (Fsp3) is 0.647. The van der Waals surface area contributed by atoms with Gasteiger partial charge in [-0.05, 0) is 43.8 Å². The first-order valence-corrected chi connectivity index (χ1v) is 8.18. The molecule has 2 fully saturated rings. The molecule has 1 unspecified atom stereocenters. The van der Waals surface area contributed by atoms with E-state index in [0.717, 1.165) is 23.8 Å². The second kappa shape index (κ2) is 5.63. The number of hydrogen-bond acceptors (Lipinski definition) is 5. The Balaban J connectivity index is 1.53. The van der Waals surface area contributed by atoms with Gasteiger partial charge in [0, 0.05) is 31.3 Å². The van der Waals surface area contributed by atoms with Crippen molar-refractivity contribution in [3.63, 3.8) is 0 Å². The number of benzene rings is 1. The molecular weight excluding hydrogens is 280 g/mol. The number of methoxy groups -OCH3 is 1. The van der Waals surface area contributed by atoms with E-state index in [0.29, 0.717) is 12.2 Å². The van der Waals surface area contributed by atoms with Crippen LogP contribution in [0.4, 0.5) is 0 Å². The van der Waals surface area contributed by atoms with Gasteiger partial charge in [-0.2, -0.15) is 0 Å². The van der Waals surface area contributed by atoms with Crippen molar-refractivity contribution in [3.05, 3.63) is 17.7 Å². The zero-order valence-electron chi connectivity index (χ0n) is 13.2. The molecule has 1 atom stereocenters. The van der Waals surface area contributed by atoms with E-state index in [1.165, 1.54) is 51.0 Å². The van der Waals surface area contributed by atoms with Gasteiger partial charge >= 0.3 is 0 Å². The Morgan fingerprint density at radius 1 is 1.27 bits per heavy atom. The summed E-state index contributed by atoms with van der Waals surface area (Å²) in [5, 5.41) is 3.54. The standard InChI is InChI=1S/C17H24N2O3/c1-20-14-8-16-15(21-12-22-16)7-13(14)9-19-6-2-3-17(11-19)4-5-18-10-17/h7-8,18H,2-6,9-12H2,1H3. The molecule has 0 amide bonds. The average Bonchev–Trinajstić information content (AvgIpc) is 3.16. The predicted molar refractivity (Wildman–Crippen MR) is 83.5 cm³/mol. The molecule has 1 spiro atoms. The highest BCUT2D eigenvalue weighted by Crippen LogP contribution is 2.40. The lowest BCUT2D eigenvalue weighted by Gasteiger charge is -2.40. The van der Waals surface area contributed by atoms with Crippen molar-refractivity contribution in [2.24, 2.45) is 5.41 Å². The summed E-state index contributed by atoms with van der Waals surface area (Å²) in [5.74, 6) is 2.52. The molecular formula is C17H24N2O3. The van der Waals surface area contributed by atoms with E-state index < -0.39 is 0 Å². The zero-order valence-corrected chi connectivity index (χ0v) is 13.2. The van der Waals surface area contributed by atoms with Gasteiger partial charge < -0.3 is 19.5 Å². The van der Waals surface area contributed by atoms with Crippen LogP contribution in [0, 0.1) is 5.41 Å². The molecule has 0 radical (unpaired) electrons. The first kappa shape index (κ1) is 14.2. The van der Waals surface area contributed by atoms with Gasteiger partial charge in [-0.15, -0.1) is 0 Å². The van der Waals surface area contributed by atoms with Gasteiger partial charge in [0.15, 0.2) is 11.5 Å². The van der Waals surface area contributed by atoms with Gasteiger partial charge in [0.2, 0.25) is 6.79 Å². The molecule has 0 bridgehead atoms. The Kier molecular flexibility index (Phi) is 3.62. The minimum atomic E-state index is 0.306. The fourth-order valence-electron chi connectivity index (χ4n) is 4.11. The lowest BCUT2D eigenvalue weighted by Crippen LogP contribution is -2.44. The quantitative estimate of drug-likeness (QED) is 0.925. The summed E-state index contributed by atoms with van der Waals surface area (Å²) >= 11 is 0. The molecule has 22 heavy (non-hydrogen) atoms. The van der Waals surface area contributed by atoms with Gasteiger partial charge in [0.25, 0.3) is 0 Å². The lowest BCUT2D eigenvalue weighted by atomic mass is 9.79. The molecule has 1 aromatic carbocycles. The Morgan fingerprint density at radius 3 is 2.91 bits per heavy atom. The minimum absolute atomic E-state index is 0.306. The molecule has 5 heteroatoms. The van der Waals surface area contributed by atoms with Crippen LogP contribution in [0.25, 0.3) is 0 Å². The van der Waals surface area contributed by atoms with Crippen molar-refractivity contribution in [3.8, 4) is 17.2 Å². The van der Waals surface area contributed by atoms with Crippen molar-refractivity contribution in [2.45, 2.75) is 25.8 Å². The zero-order chi connectivity index (χ0) is 15.0. The molecule has 4 rings (SSSR count). The van der Waals surface area contributed by atoms with Crippen LogP contribution in [0.3, 0.4) is 0 Å². The minimum Gasteiger partial charge on any atom is -0.496 e. The highest BCUT2D eigenvalue weighted by Gasteiger charge is 2.38. The van der Waals surface area contributed by atoms with Gasteiger partial charge in [-0.1, -0.05) is 0 Å². The molecule has 0 aliphatic carbocycles. The number of likely N-dealkylation sites (tertiary alicyclic amines) is 1. The summed E-state index contributed by atoms with van der Waals surface area (Å²) < 4.78 is 16.5. The molecule has 1 aromatic rings. The average molecular weight is 304 g/mol. The van der Waals surface area contributed by atoms with E-state index in [1.807, 2.05) is 6.07 Å². The van der Waals surface area contributed by atoms with Crippen LogP contribution in [0.2, 0.25) is 0 Å². The highest BCUT2D eigenvalue weighted by molar-refractivity contribution is 5.51. The first-order valence-electron chi connectivity index (χ1n) is 8.18. The molecule has 0 aromatic heterocycles. The van der Waals surface area contributed by atoms with Crippen LogP contribution in [0.5, 0.6) is 17.2 Å². The van der Waals surface area contributed by atoms with Crippen molar-refractivity contribution < 1.29 is 14.2 Å². The molecule has 1 N–H and O–H groups in total. The third kappa shape index (κ3) is 2.52. The molecule has 3 aliphatic rings. The van der Waals surface area contributed by atoms with E-state index in [2.05, 4.69) is 16.3 Å². The molecule has 3 heterocycles. The summed E-state index contributed by atoms with van der Waals surface area (Å²) in [6.07, 6.45) is 3.95. The largest absolute Gasteiger partial charge is 0.496 e. The maximum atomic E-state index is 5.55. The van der Waals surface area contributed by atoms with E-state index in [1.54, 1.807) is 7.11 Å². The van der Waals surface area contributed by atoms with E-state index in [-0.39, 0.29) is 0 Å². The number of fused-ring (bicyclic) bond motifs is 1. The van der Waals surface area contributed by atoms with Gasteiger partial charge in [0.05, 0.1) is 7.11 Å². The fourth-order valence-corrected chi connectivity index (χ4v) is 4.11. The number of nitrogens with zero attached hydrogens (tertiary/aromatic N) is 1. The highest BCUT2D eigenvalue weighted by atomic mass is 16.7. The van der Waals surface area contributed by atoms with Crippen LogP contribution in [0.1, 0.15) is 24.8 Å². The van der Waals surface area contributed by atoms with Crippen LogP contribution in [0.15, 0.2) is 12.1 Å². The Labute approximate surface area is 131 Å². The van der Waals surface area contributed by atoms with Gasteiger partial charge in [-0.25, -0.2) is 0 Å². The summed E-state index contributed by atoms with van der Waals surface area (Å²) in [6.45, 7) is 5.90. The monoisotopic (exact) mass is 304 g/mol. The van der Waals surface area contributed by atoms with Crippen LogP contribution >= 0.6 is 0 Å². The number of hydrogen-bond donors (Lipinski definition) is 1. The predicted octanol–water partition coefficient (Wildman–Crippen LogP) is 2.00. The van der Waals surface area contributed by atoms with Crippen LogP contribution in [-0.2, 0) is 6.54 Å². The summed E-state index contributed by atoms with van der Waals surface area (Å²) in [7, 11) is 1.72. The van der Waals surface area contributed by atoms with Gasteiger partial charge in [0.1, 0.15) is 5.75 Å². The first-order chi connectivity index (χ1) is 10.8. The van der Waals surface area contributed by atoms with E-state index in [4.69, 9.17) is 14.2 Å². The molecule has 5 nitrogen and oxygen atoms in total. The van der Waals surface area contributed by atoms with Crippen LogP contribution in [-0.4, -0.2) is 45.0 Å². The Morgan fingerprint density at radius 2 is 2.14 bits per heavy atom. The third-order valence-electron chi connectivity index (χ3n) is 5.24. The maximum Gasteiger partial charge on any atom is 0.231 e. The molecule has 2 saturated heterocycles. The third-order valence-corrected chi connectivity index (χ3v) is 5.24. The number of piperidine rings is 1. The Hall–Kier alpha value is -1.46. The second-order valence-corrected chi connectivity index (χ2v) is 6.76. The number of nitrogens with one attached hydrogen (secondary N) is 1. The van der Waals surface area contributed by atoms with Crippen molar-refractivity contribution in [1.29, 1.82) is 0 Å². The maximum absolute atomic E-state index is 5.55. The van der Waals surface area contributed by atoms with Crippen molar-refractivity contribution in [2.75, 3.05) is 40.1 Å².